The molecule has 0 spiro atoms. The first-order valence-electron chi connectivity index (χ1n) is 6.52. The summed E-state index contributed by atoms with van der Waals surface area (Å²) >= 11 is 5.99. The molecule has 1 unspecified atom stereocenters. The molecule has 18 heavy (non-hydrogen) atoms. The lowest BCUT2D eigenvalue weighted by atomic mass is 10.0. The lowest BCUT2D eigenvalue weighted by Crippen LogP contribution is -2.32. The predicted molar refractivity (Wildman–Crippen MR) is 73.1 cm³/mol. The van der Waals surface area contributed by atoms with Crippen molar-refractivity contribution in [3.8, 4) is 0 Å². The average Bonchev–Trinajstić information content (AvgIpc) is 2.74. The number of hydrogen-bond acceptors (Lipinski definition) is 4. The topological polar surface area (TPSA) is 47.0 Å². The number of anilines is 1. The van der Waals surface area contributed by atoms with E-state index in [2.05, 4.69) is 29.1 Å². The van der Waals surface area contributed by atoms with Gasteiger partial charge in [-0.2, -0.15) is 0 Å². The molecule has 0 amide bonds. The van der Waals surface area contributed by atoms with Gasteiger partial charge in [-0.15, -0.1) is 0 Å². The van der Waals surface area contributed by atoms with Gasteiger partial charge in [-0.1, -0.05) is 18.5 Å². The standard InChI is InChI=1S/C13H20ClN3O/c1-3-5-11-16-10(14)8-12(17-11)15-9-13(2)6-4-7-18-13/h8H,3-7,9H2,1-2H3,(H,15,16,17). The Kier molecular flexibility index (Phi) is 4.40. The van der Waals surface area contributed by atoms with Gasteiger partial charge >= 0.3 is 0 Å². The van der Waals surface area contributed by atoms with E-state index in [1.54, 1.807) is 6.07 Å². The molecule has 1 atom stereocenters. The monoisotopic (exact) mass is 269 g/mol. The fourth-order valence-electron chi connectivity index (χ4n) is 2.14. The van der Waals surface area contributed by atoms with Gasteiger partial charge in [0.2, 0.25) is 0 Å². The third-order valence-electron chi connectivity index (χ3n) is 3.16. The number of halogens is 1. The van der Waals surface area contributed by atoms with Gasteiger partial charge in [0.05, 0.1) is 5.60 Å². The van der Waals surface area contributed by atoms with Crippen LogP contribution >= 0.6 is 11.6 Å². The highest BCUT2D eigenvalue weighted by atomic mass is 35.5. The Bertz CT molecular complexity index is 405. The molecule has 2 rings (SSSR count). The van der Waals surface area contributed by atoms with Crippen LogP contribution in [0, 0.1) is 0 Å². The van der Waals surface area contributed by atoms with E-state index in [9.17, 15) is 0 Å². The number of ether oxygens (including phenoxy) is 1. The maximum atomic E-state index is 5.99. The Hall–Kier alpha value is -0.870. The molecule has 0 radical (unpaired) electrons. The van der Waals surface area contributed by atoms with E-state index in [1.807, 2.05) is 0 Å². The van der Waals surface area contributed by atoms with Crippen molar-refractivity contribution in [2.45, 2.75) is 45.1 Å². The highest BCUT2D eigenvalue weighted by molar-refractivity contribution is 6.29. The lowest BCUT2D eigenvalue weighted by Gasteiger charge is -2.23. The zero-order valence-electron chi connectivity index (χ0n) is 11.0. The maximum Gasteiger partial charge on any atom is 0.134 e. The molecule has 0 bridgehead atoms. The molecule has 0 aromatic carbocycles. The Morgan fingerprint density at radius 3 is 3.00 bits per heavy atom. The average molecular weight is 270 g/mol. The molecule has 0 saturated carbocycles. The molecule has 5 heteroatoms. The second-order valence-corrected chi connectivity index (χ2v) is 5.38. The first kappa shape index (κ1) is 13.6. The number of aromatic nitrogens is 2. The second kappa shape index (κ2) is 5.85. The van der Waals surface area contributed by atoms with Gasteiger partial charge in [-0.25, -0.2) is 9.97 Å². The number of nitrogens with one attached hydrogen (secondary N) is 1. The molecular weight excluding hydrogens is 250 g/mol. The first-order chi connectivity index (χ1) is 8.61. The van der Waals surface area contributed by atoms with Crippen molar-refractivity contribution in [2.75, 3.05) is 18.5 Å². The summed E-state index contributed by atoms with van der Waals surface area (Å²) in [7, 11) is 0. The number of hydrogen-bond donors (Lipinski definition) is 1. The van der Waals surface area contributed by atoms with Gasteiger partial charge < -0.3 is 10.1 Å². The van der Waals surface area contributed by atoms with Gasteiger partial charge in [0.25, 0.3) is 0 Å². The van der Waals surface area contributed by atoms with Crippen molar-refractivity contribution in [1.29, 1.82) is 0 Å². The van der Waals surface area contributed by atoms with Crippen LogP contribution in [0.5, 0.6) is 0 Å². The molecule has 100 valence electrons. The summed E-state index contributed by atoms with van der Waals surface area (Å²) in [6.07, 6.45) is 4.08. The smallest absolute Gasteiger partial charge is 0.134 e. The third-order valence-corrected chi connectivity index (χ3v) is 3.35. The Morgan fingerprint density at radius 2 is 2.33 bits per heavy atom. The van der Waals surface area contributed by atoms with E-state index < -0.39 is 0 Å². The Morgan fingerprint density at radius 1 is 1.50 bits per heavy atom. The number of aryl methyl sites for hydroxylation is 1. The predicted octanol–water partition coefficient (Wildman–Crippen LogP) is 3.06. The normalized spacial score (nSPS) is 23.3. The van der Waals surface area contributed by atoms with Crippen molar-refractivity contribution in [3.63, 3.8) is 0 Å². The van der Waals surface area contributed by atoms with Crippen molar-refractivity contribution < 1.29 is 4.74 Å². The van der Waals surface area contributed by atoms with E-state index in [-0.39, 0.29) is 5.60 Å². The van der Waals surface area contributed by atoms with Crippen molar-refractivity contribution in [3.05, 3.63) is 17.0 Å². The Labute approximate surface area is 113 Å². The zero-order chi connectivity index (χ0) is 13.0. The second-order valence-electron chi connectivity index (χ2n) is 5.00. The van der Waals surface area contributed by atoms with E-state index in [1.165, 1.54) is 0 Å². The minimum absolute atomic E-state index is 0.0810. The highest BCUT2D eigenvalue weighted by Gasteiger charge is 2.29. The lowest BCUT2D eigenvalue weighted by molar-refractivity contribution is 0.0314. The molecule has 2 heterocycles. The van der Waals surface area contributed by atoms with E-state index >= 15 is 0 Å². The molecule has 0 aliphatic carbocycles. The van der Waals surface area contributed by atoms with Gasteiger partial charge in [-0.3, -0.25) is 0 Å². The van der Waals surface area contributed by atoms with Crippen LogP contribution in [0.2, 0.25) is 5.15 Å². The fraction of sp³-hybridized carbons (Fsp3) is 0.692. The van der Waals surface area contributed by atoms with Crippen molar-refractivity contribution in [2.24, 2.45) is 0 Å². The fourth-order valence-corrected chi connectivity index (χ4v) is 2.35. The van der Waals surface area contributed by atoms with Crippen LogP contribution in [0.25, 0.3) is 0 Å². The molecule has 4 nitrogen and oxygen atoms in total. The largest absolute Gasteiger partial charge is 0.373 e. The molecule has 1 N–H and O–H groups in total. The van der Waals surface area contributed by atoms with Gasteiger partial charge in [0.1, 0.15) is 16.8 Å². The third kappa shape index (κ3) is 3.56. The number of rotatable bonds is 5. The van der Waals surface area contributed by atoms with Gasteiger partial charge in [0.15, 0.2) is 0 Å². The van der Waals surface area contributed by atoms with Gasteiger partial charge in [-0.05, 0) is 26.2 Å². The van der Waals surface area contributed by atoms with Crippen LogP contribution in [-0.4, -0.2) is 28.7 Å². The Balaban J connectivity index is 2.00. The van der Waals surface area contributed by atoms with Gasteiger partial charge in [0, 0.05) is 25.6 Å². The van der Waals surface area contributed by atoms with E-state index in [0.29, 0.717) is 5.15 Å². The molecule has 1 fully saturated rings. The SMILES string of the molecule is CCCc1nc(Cl)cc(NCC2(C)CCCO2)n1. The molecule has 1 aliphatic rings. The first-order valence-corrected chi connectivity index (χ1v) is 6.90. The minimum Gasteiger partial charge on any atom is -0.373 e. The molecule has 1 aromatic heterocycles. The maximum absolute atomic E-state index is 5.99. The van der Waals surface area contributed by atoms with Crippen molar-refractivity contribution in [1.82, 2.24) is 9.97 Å². The summed E-state index contributed by atoms with van der Waals surface area (Å²) in [5, 5.41) is 3.80. The van der Waals surface area contributed by atoms with Crippen LogP contribution in [0.1, 0.15) is 38.9 Å². The van der Waals surface area contributed by atoms with Crippen LogP contribution < -0.4 is 5.32 Å². The number of nitrogens with zero attached hydrogens (tertiary/aromatic N) is 2. The molecule has 1 aromatic rings. The van der Waals surface area contributed by atoms with Crippen LogP contribution in [0.4, 0.5) is 5.82 Å². The molecule has 1 aliphatic heterocycles. The van der Waals surface area contributed by atoms with Crippen LogP contribution in [0.15, 0.2) is 6.07 Å². The summed E-state index contributed by atoms with van der Waals surface area (Å²) < 4.78 is 5.73. The van der Waals surface area contributed by atoms with E-state index in [0.717, 1.165) is 50.5 Å². The van der Waals surface area contributed by atoms with Crippen LogP contribution in [0.3, 0.4) is 0 Å². The minimum atomic E-state index is -0.0810. The van der Waals surface area contributed by atoms with Crippen LogP contribution in [-0.2, 0) is 11.2 Å². The quantitative estimate of drug-likeness (QED) is 0.835. The summed E-state index contributed by atoms with van der Waals surface area (Å²) in [6.45, 7) is 5.84. The summed E-state index contributed by atoms with van der Waals surface area (Å²) in [6, 6.07) is 1.76. The molecular formula is C13H20ClN3O. The highest BCUT2D eigenvalue weighted by Crippen LogP contribution is 2.25. The summed E-state index contributed by atoms with van der Waals surface area (Å²) in [4.78, 5) is 8.66. The van der Waals surface area contributed by atoms with E-state index in [4.69, 9.17) is 16.3 Å². The zero-order valence-corrected chi connectivity index (χ0v) is 11.8. The summed E-state index contributed by atoms with van der Waals surface area (Å²) in [5.41, 5.74) is -0.0810. The van der Waals surface area contributed by atoms with Crippen molar-refractivity contribution >= 4 is 17.4 Å². The summed E-state index contributed by atoms with van der Waals surface area (Å²) in [5.74, 6) is 1.58. The molecule has 1 saturated heterocycles.